The number of carbonyl (C=O) groups is 2. The number of urea groups is 1. The Balaban J connectivity index is 1.81. The number of carboxylic acid groups (broad SMARTS) is 1. The molecule has 1 aromatic rings. The maximum absolute atomic E-state index is 12.0. The van der Waals surface area contributed by atoms with E-state index in [2.05, 4.69) is 10.4 Å². The van der Waals surface area contributed by atoms with E-state index in [4.69, 9.17) is 5.11 Å². The van der Waals surface area contributed by atoms with E-state index in [9.17, 15) is 9.59 Å². The van der Waals surface area contributed by atoms with Gasteiger partial charge in [-0.05, 0) is 25.8 Å². The highest BCUT2D eigenvalue weighted by atomic mass is 16.4. The van der Waals surface area contributed by atoms with E-state index >= 15 is 0 Å². The molecular weight excluding hydrogens is 260 g/mol. The normalized spacial score (nSPS) is 17.8. The number of hydrogen-bond acceptors (Lipinski definition) is 3. The van der Waals surface area contributed by atoms with Crippen LogP contribution in [0.5, 0.6) is 0 Å². The highest BCUT2D eigenvalue weighted by Gasteiger charge is 2.37. The van der Waals surface area contributed by atoms with Crippen LogP contribution in [0.2, 0.25) is 0 Å². The zero-order valence-electron chi connectivity index (χ0n) is 11.8. The SMILES string of the molecule is Cn1ccc(CNC(=O)N2CCC(C)(C(=O)O)CC2)n1. The lowest BCUT2D eigenvalue weighted by molar-refractivity contribution is -0.150. The van der Waals surface area contributed by atoms with Crippen molar-refractivity contribution < 1.29 is 14.7 Å². The minimum atomic E-state index is -0.786. The van der Waals surface area contributed by atoms with Crippen LogP contribution in [0, 0.1) is 5.41 Å². The number of aromatic nitrogens is 2. The van der Waals surface area contributed by atoms with Crippen LogP contribution in [-0.4, -0.2) is 44.9 Å². The average Bonchev–Trinajstić information content (AvgIpc) is 2.82. The average molecular weight is 280 g/mol. The Bertz CT molecular complexity index is 503. The summed E-state index contributed by atoms with van der Waals surface area (Å²) >= 11 is 0. The van der Waals surface area contributed by atoms with E-state index in [-0.39, 0.29) is 6.03 Å². The van der Waals surface area contributed by atoms with Crippen LogP contribution in [-0.2, 0) is 18.4 Å². The van der Waals surface area contributed by atoms with Gasteiger partial charge in [-0.3, -0.25) is 9.48 Å². The summed E-state index contributed by atoms with van der Waals surface area (Å²) in [6.07, 6.45) is 2.79. The Morgan fingerprint density at radius 3 is 2.60 bits per heavy atom. The first kappa shape index (κ1) is 14.4. The number of likely N-dealkylation sites (tertiary alicyclic amines) is 1. The third kappa shape index (κ3) is 3.09. The molecule has 20 heavy (non-hydrogen) atoms. The standard InChI is InChI=1S/C13H20N4O3/c1-13(11(18)19)4-7-17(8-5-13)12(20)14-9-10-3-6-16(2)15-10/h3,6H,4-5,7-9H2,1-2H3,(H,14,20)(H,18,19). The second-order valence-corrected chi connectivity index (χ2v) is 5.49. The van der Waals surface area contributed by atoms with Crippen molar-refractivity contribution in [1.29, 1.82) is 0 Å². The summed E-state index contributed by atoms with van der Waals surface area (Å²) in [7, 11) is 1.82. The molecule has 1 aliphatic rings. The molecule has 0 aliphatic carbocycles. The number of piperidine rings is 1. The van der Waals surface area contributed by atoms with Crippen LogP contribution in [0.4, 0.5) is 4.79 Å². The predicted octanol–water partition coefficient (Wildman–Crippen LogP) is 0.816. The van der Waals surface area contributed by atoms with E-state index in [1.165, 1.54) is 0 Å². The van der Waals surface area contributed by atoms with Crippen LogP contribution in [0.1, 0.15) is 25.5 Å². The van der Waals surface area contributed by atoms with Gasteiger partial charge in [0.05, 0.1) is 17.7 Å². The highest BCUT2D eigenvalue weighted by Crippen LogP contribution is 2.30. The Kier molecular flexibility index (Phi) is 3.96. The number of aryl methyl sites for hydroxylation is 1. The molecular formula is C13H20N4O3. The van der Waals surface area contributed by atoms with E-state index in [1.807, 2.05) is 19.3 Å². The summed E-state index contributed by atoms with van der Waals surface area (Å²) in [4.78, 5) is 24.8. The highest BCUT2D eigenvalue weighted by molar-refractivity contribution is 5.76. The first-order valence-electron chi connectivity index (χ1n) is 6.65. The molecule has 0 spiro atoms. The van der Waals surface area contributed by atoms with Crippen molar-refractivity contribution >= 4 is 12.0 Å². The number of rotatable bonds is 3. The molecule has 1 saturated heterocycles. The van der Waals surface area contributed by atoms with Gasteiger partial charge in [0.1, 0.15) is 0 Å². The topological polar surface area (TPSA) is 87.5 Å². The number of amides is 2. The van der Waals surface area contributed by atoms with E-state index < -0.39 is 11.4 Å². The summed E-state index contributed by atoms with van der Waals surface area (Å²) < 4.78 is 1.68. The quantitative estimate of drug-likeness (QED) is 0.858. The van der Waals surface area contributed by atoms with Crippen molar-refractivity contribution in [3.8, 4) is 0 Å². The van der Waals surface area contributed by atoms with Gasteiger partial charge in [0.2, 0.25) is 0 Å². The van der Waals surface area contributed by atoms with Crippen molar-refractivity contribution in [2.75, 3.05) is 13.1 Å². The molecule has 110 valence electrons. The van der Waals surface area contributed by atoms with Crippen LogP contribution in [0.3, 0.4) is 0 Å². The van der Waals surface area contributed by atoms with Crippen molar-refractivity contribution in [2.24, 2.45) is 12.5 Å². The third-order valence-corrected chi connectivity index (χ3v) is 3.86. The molecule has 0 radical (unpaired) electrons. The van der Waals surface area contributed by atoms with Gasteiger partial charge in [-0.15, -0.1) is 0 Å². The van der Waals surface area contributed by atoms with Crippen LogP contribution >= 0.6 is 0 Å². The third-order valence-electron chi connectivity index (χ3n) is 3.86. The van der Waals surface area contributed by atoms with Crippen LogP contribution in [0.15, 0.2) is 12.3 Å². The van der Waals surface area contributed by atoms with Gasteiger partial charge >= 0.3 is 12.0 Å². The minimum Gasteiger partial charge on any atom is -0.481 e. The maximum Gasteiger partial charge on any atom is 0.317 e. The Morgan fingerprint density at radius 1 is 1.45 bits per heavy atom. The number of nitrogens with one attached hydrogen (secondary N) is 1. The molecule has 2 N–H and O–H groups in total. The molecule has 7 nitrogen and oxygen atoms in total. The number of carboxylic acids is 1. The summed E-state index contributed by atoms with van der Waals surface area (Å²) in [6, 6.07) is 1.68. The second-order valence-electron chi connectivity index (χ2n) is 5.49. The van der Waals surface area contributed by atoms with Crippen LogP contribution < -0.4 is 5.32 Å². The fraction of sp³-hybridized carbons (Fsp3) is 0.615. The summed E-state index contributed by atoms with van der Waals surface area (Å²) in [6.45, 7) is 3.05. The molecule has 2 heterocycles. The molecule has 1 aliphatic heterocycles. The number of nitrogens with zero attached hydrogens (tertiary/aromatic N) is 3. The monoisotopic (exact) mass is 280 g/mol. The van der Waals surface area contributed by atoms with Crippen molar-refractivity contribution in [2.45, 2.75) is 26.3 Å². The van der Waals surface area contributed by atoms with Gasteiger partial charge in [0, 0.05) is 26.3 Å². The fourth-order valence-electron chi connectivity index (χ4n) is 2.25. The molecule has 0 bridgehead atoms. The lowest BCUT2D eigenvalue weighted by atomic mass is 9.80. The van der Waals surface area contributed by atoms with Crippen LogP contribution in [0.25, 0.3) is 0 Å². The lowest BCUT2D eigenvalue weighted by Crippen LogP contribution is -2.48. The van der Waals surface area contributed by atoms with Crippen molar-refractivity contribution in [3.63, 3.8) is 0 Å². The van der Waals surface area contributed by atoms with Gasteiger partial charge < -0.3 is 15.3 Å². The number of aliphatic carboxylic acids is 1. The maximum atomic E-state index is 12.0. The summed E-state index contributed by atoms with van der Waals surface area (Å²) in [5, 5.41) is 16.1. The molecule has 7 heteroatoms. The van der Waals surface area contributed by atoms with E-state index in [1.54, 1.807) is 16.5 Å². The smallest absolute Gasteiger partial charge is 0.317 e. The van der Waals surface area contributed by atoms with E-state index in [0.717, 1.165) is 5.69 Å². The molecule has 0 saturated carbocycles. The molecule has 2 rings (SSSR count). The molecule has 0 aromatic carbocycles. The Morgan fingerprint density at radius 2 is 2.10 bits per heavy atom. The van der Waals surface area contributed by atoms with Gasteiger partial charge in [-0.1, -0.05) is 0 Å². The van der Waals surface area contributed by atoms with Gasteiger partial charge in [0.25, 0.3) is 0 Å². The van der Waals surface area contributed by atoms with Gasteiger partial charge in [-0.25, -0.2) is 4.79 Å². The van der Waals surface area contributed by atoms with Gasteiger partial charge in [-0.2, -0.15) is 5.10 Å². The number of carbonyl (C=O) groups excluding carboxylic acids is 1. The Labute approximate surface area is 117 Å². The van der Waals surface area contributed by atoms with E-state index in [0.29, 0.717) is 32.5 Å². The molecule has 1 fully saturated rings. The lowest BCUT2D eigenvalue weighted by Gasteiger charge is -2.36. The first-order valence-corrected chi connectivity index (χ1v) is 6.65. The zero-order chi connectivity index (χ0) is 14.8. The largest absolute Gasteiger partial charge is 0.481 e. The minimum absolute atomic E-state index is 0.164. The second kappa shape index (κ2) is 5.52. The molecule has 1 aromatic heterocycles. The Hall–Kier alpha value is -2.05. The predicted molar refractivity (Wildman–Crippen MR) is 72.0 cm³/mol. The van der Waals surface area contributed by atoms with Crippen molar-refractivity contribution in [1.82, 2.24) is 20.0 Å². The summed E-state index contributed by atoms with van der Waals surface area (Å²) in [5.41, 5.74) is 0.0887. The molecule has 0 atom stereocenters. The fourth-order valence-corrected chi connectivity index (χ4v) is 2.25. The zero-order valence-corrected chi connectivity index (χ0v) is 11.8. The molecule has 0 unspecified atom stereocenters. The van der Waals surface area contributed by atoms with Gasteiger partial charge in [0.15, 0.2) is 0 Å². The molecule has 2 amide bonds. The first-order chi connectivity index (χ1) is 9.40. The summed E-state index contributed by atoms with van der Waals surface area (Å²) in [5.74, 6) is -0.786. The van der Waals surface area contributed by atoms with Crippen molar-refractivity contribution in [3.05, 3.63) is 18.0 Å². The number of hydrogen-bond donors (Lipinski definition) is 2.